The fraction of sp³-hybridized carbons (Fsp3) is 0.263. The predicted octanol–water partition coefficient (Wildman–Crippen LogP) is 4.55. The molecule has 2 aromatic heterocycles. The van der Waals surface area contributed by atoms with E-state index in [-0.39, 0.29) is 5.56 Å². The lowest BCUT2D eigenvalue weighted by molar-refractivity contribution is -0.127. The maximum absolute atomic E-state index is 12.4. The summed E-state index contributed by atoms with van der Waals surface area (Å²) in [7, 11) is 0. The number of hydrogen-bond donors (Lipinski definition) is 1. The highest BCUT2D eigenvalue weighted by Crippen LogP contribution is 2.24. The second-order valence-electron chi connectivity index (χ2n) is 5.96. The summed E-state index contributed by atoms with van der Waals surface area (Å²) in [5.74, 6) is 0.755. The highest BCUT2D eigenvalue weighted by Gasteiger charge is 2.27. The van der Waals surface area contributed by atoms with E-state index in [0.29, 0.717) is 0 Å². The Morgan fingerprint density at radius 3 is 2.54 bits per heavy atom. The molecule has 1 aromatic carbocycles. The lowest BCUT2D eigenvalue weighted by Crippen LogP contribution is -2.11. The van der Waals surface area contributed by atoms with Crippen molar-refractivity contribution >= 4 is 5.69 Å². The second kappa shape index (κ2) is 8.03. The van der Waals surface area contributed by atoms with Gasteiger partial charge in [-0.2, -0.15) is 13.2 Å². The van der Waals surface area contributed by atoms with Crippen molar-refractivity contribution in [1.82, 2.24) is 14.5 Å². The standard InChI is InChI=1S/C19H19F3N4/c20-19(21,22)13-15-4-6-16(7-5-15)18-25-10-12-26(18)11-2-9-24-17-3-1-8-23-14-17/h1,3-8,10,12,14,24H,2,9,11,13H2. The third kappa shape index (κ3) is 5.08. The summed E-state index contributed by atoms with van der Waals surface area (Å²) in [6.45, 7) is 1.54. The Morgan fingerprint density at radius 1 is 1.04 bits per heavy atom. The first-order chi connectivity index (χ1) is 12.5. The SMILES string of the molecule is FC(F)(F)Cc1ccc(-c2nccn2CCCNc2cccnc2)cc1. The quantitative estimate of drug-likeness (QED) is 0.629. The van der Waals surface area contributed by atoms with E-state index >= 15 is 0 Å². The van der Waals surface area contributed by atoms with Gasteiger partial charge in [0.25, 0.3) is 0 Å². The molecule has 136 valence electrons. The number of aromatic nitrogens is 3. The first-order valence-electron chi connectivity index (χ1n) is 8.32. The highest BCUT2D eigenvalue weighted by molar-refractivity contribution is 5.56. The van der Waals surface area contributed by atoms with Crippen molar-refractivity contribution in [3.63, 3.8) is 0 Å². The fourth-order valence-corrected chi connectivity index (χ4v) is 2.70. The summed E-state index contributed by atoms with van der Waals surface area (Å²) in [4.78, 5) is 8.39. The maximum Gasteiger partial charge on any atom is 0.393 e. The zero-order chi connectivity index (χ0) is 18.4. The third-order valence-electron chi connectivity index (χ3n) is 3.90. The van der Waals surface area contributed by atoms with Crippen molar-refractivity contribution in [2.24, 2.45) is 0 Å². The van der Waals surface area contributed by atoms with Crippen LogP contribution in [-0.2, 0) is 13.0 Å². The molecular formula is C19H19F3N4. The van der Waals surface area contributed by atoms with Crippen molar-refractivity contribution in [3.05, 3.63) is 66.7 Å². The molecule has 0 unspecified atom stereocenters. The van der Waals surface area contributed by atoms with Crippen LogP contribution in [0.25, 0.3) is 11.4 Å². The molecule has 0 fully saturated rings. The smallest absolute Gasteiger partial charge is 0.384 e. The Balaban J connectivity index is 1.58. The monoisotopic (exact) mass is 360 g/mol. The molecule has 0 aliphatic carbocycles. The van der Waals surface area contributed by atoms with Gasteiger partial charge in [0.1, 0.15) is 5.82 Å². The van der Waals surface area contributed by atoms with Gasteiger partial charge >= 0.3 is 6.18 Å². The van der Waals surface area contributed by atoms with Gasteiger partial charge in [-0.15, -0.1) is 0 Å². The highest BCUT2D eigenvalue weighted by atomic mass is 19.4. The molecule has 0 amide bonds. The molecule has 26 heavy (non-hydrogen) atoms. The number of hydrogen-bond acceptors (Lipinski definition) is 3. The van der Waals surface area contributed by atoms with Gasteiger partial charge in [0.05, 0.1) is 12.1 Å². The van der Waals surface area contributed by atoms with Gasteiger partial charge in [-0.1, -0.05) is 24.3 Å². The van der Waals surface area contributed by atoms with Crippen molar-refractivity contribution in [2.45, 2.75) is 25.6 Å². The molecule has 3 rings (SSSR count). The van der Waals surface area contributed by atoms with Gasteiger partial charge in [0.15, 0.2) is 0 Å². The molecule has 0 aliphatic rings. The van der Waals surface area contributed by atoms with E-state index in [1.54, 1.807) is 30.7 Å². The first-order valence-corrected chi connectivity index (χ1v) is 8.32. The van der Waals surface area contributed by atoms with Crippen LogP contribution < -0.4 is 5.32 Å². The van der Waals surface area contributed by atoms with Crippen LogP contribution in [0.3, 0.4) is 0 Å². The number of halogens is 3. The molecule has 2 heterocycles. The Kier molecular flexibility index (Phi) is 5.55. The van der Waals surface area contributed by atoms with Crippen LogP contribution in [0.1, 0.15) is 12.0 Å². The number of anilines is 1. The molecule has 0 saturated heterocycles. The van der Waals surface area contributed by atoms with Gasteiger partial charge in [-0.3, -0.25) is 4.98 Å². The molecular weight excluding hydrogens is 341 g/mol. The maximum atomic E-state index is 12.4. The number of nitrogens with one attached hydrogen (secondary N) is 1. The number of nitrogens with zero attached hydrogens (tertiary/aromatic N) is 3. The van der Waals surface area contributed by atoms with Crippen molar-refractivity contribution < 1.29 is 13.2 Å². The number of aryl methyl sites for hydroxylation is 1. The van der Waals surface area contributed by atoms with Crippen LogP contribution >= 0.6 is 0 Å². The Bertz CT molecular complexity index is 811. The van der Waals surface area contributed by atoms with Gasteiger partial charge in [-0.25, -0.2) is 4.98 Å². The van der Waals surface area contributed by atoms with E-state index in [1.807, 2.05) is 22.9 Å². The topological polar surface area (TPSA) is 42.7 Å². The summed E-state index contributed by atoms with van der Waals surface area (Å²) in [5.41, 5.74) is 2.03. The average Bonchev–Trinajstić information content (AvgIpc) is 3.07. The summed E-state index contributed by atoms with van der Waals surface area (Å²) >= 11 is 0. The molecule has 0 atom stereocenters. The molecule has 0 radical (unpaired) electrons. The lowest BCUT2D eigenvalue weighted by atomic mass is 10.1. The number of rotatable bonds is 7. The molecule has 7 heteroatoms. The summed E-state index contributed by atoms with van der Waals surface area (Å²) < 4.78 is 39.3. The van der Waals surface area contributed by atoms with Crippen molar-refractivity contribution in [3.8, 4) is 11.4 Å². The first kappa shape index (κ1) is 18.0. The Hall–Kier alpha value is -2.83. The fourth-order valence-electron chi connectivity index (χ4n) is 2.70. The van der Waals surface area contributed by atoms with Crippen LogP contribution in [0, 0.1) is 0 Å². The second-order valence-corrected chi connectivity index (χ2v) is 5.96. The van der Waals surface area contributed by atoms with E-state index in [1.165, 1.54) is 12.1 Å². The van der Waals surface area contributed by atoms with Crippen LogP contribution in [0.15, 0.2) is 61.2 Å². The van der Waals surface area contributed by atoms with Crippen LogP contribution in [-0.4, -0.2) is 27.3 Å². The molecule has 1 N–H and O–H groups in total. The molecule has 0 spiro atoms. The van der Waals surface area contributed by atoms with Crippen molar-refractivity contribution in [1.29, 1.82) is 0 Å². The largest absolute Gasteiger partial charge is 0.393 e. The van der Waals surface area contributed by atoms with E-state index < -0.39 is 12.6 Å². The Labute approximate surface area is 149 Å². The van der Waals surface area contributed by atoms with E-state index in [4.69, 9.17) is 0 Å². The number of imidazole rings is 1. The zero-order valence-electron chi connectivity index (χ0n) is 14.1. The molecule has 0 aliphatic heterocycles. The van der Waals surface area contributed by atoms with Crippen molar-refractivity contribution in [2.75, 3.05) is 11.9 Å². The predicted molar refractivity (Wildman–Crippen MR) is 94.8 cm³/mol. The minimum Gasteiger partial charge on any atom is -0.384 e. The third-order valence-corrected chi connectivity index (χ3v) is 3.90. The summed E-state index contributed by atoms with van der Waals surface area (Å²) in [5, 5.41) is 3.29. The molecule has 3 aromatic rings. The van der Waals surface area contributed by atoms with Gasteiger partial charge < -0.3 is 9.88 Å². The van der Waals surface area contributed by atoms with E-state index in [0.717, 1.165) is 36.6 Å². The normalized spacial score (nSPS) is 11.5. The summed E-state index contributed by atoms with van der Waals surface area (Å²) in [6, 6.07) is 10.2. The van der Waals surface area contributed by atoms with E-state index in [9.17, 15) is 13.2 Å². The van der Waals surface area contributed by atoms with Crippen LogP contribution in [0.2, 0.25) is 0 Å². The van der Waals surface area contributed by atoms with Gasteiger partial charge in [0.2, 0.25) is 0 Å². The number of pyridine rings is 1. The molecule has 0 bridgehead atoms. The molecule has 4 nitrogen and oxygen atoms in total. The minimum absolute atomic E-state index is 0.250. The van der Waals surface area contributed by atoms with Gasteiger partial charge in [0, 0.05) is 43.4 Å². The van der Waals surface area contributed by atoms with Crippen LogP contribution in [0.4, 0.5) is 18.9 Å². The number of benzene rings is 1. The zero-order valence-corrected chi connectivity index (χ0v) is 14.1. The lowest BCUT2D eigenvalue weighted by Gasteiger charge is -2.10. The van der Waals surface area contributed by atoms with Gasteiger partial charge in [-0.05, 0) is 24.1 Å². The molecule has 0 saturated carbocycles. The minimum atomic E-state index is -4.19. The van der Waals surface area contributed by atoms with Crippen LogP contribution in [0.5, 0.6) is 0 Å². The average molecular weight is 360 g/mol. The Morgan fingerprint density at radius 2 is 1.85 bits per heavy atom. The van der Waals surface area contributed by atoms with E-state index in [2.05, 4.69) is 15.3 Å². The summed E-state index contributed by atoms with van der Waals surface area (Å²) in [6.07, 6.45) is 2.85. The number of alkyl halides is 3.